The molecular formula is C14H18FN3O4S. The summed E-state index contributed by atoms with van der Waals surface area (Å²) in [4.78, 5) is 24.0. The van der Waals surface area contributed by atoms with Crippen molar-refractivity contribution in [2.45, 2.75) is 11.8 Å². The summed E-state index contributed by atoms with van der Waals surface area (Å²) in [6.07, 6.45) is 0. The number of benzene rings is 1. The molecule has 1 aromatic carbocycles. The fourth-order valence-corrected chi connectivity index (χ4v) is 4.00. The normalized spacial score (nSPS) is 20.1. The van der Waals surface area contributed by atoms with Gasteiger partial charge in [-0.05, 0) is 12.1 Å². The smallest absolute Gasteiger partial charge is 0.246 e. The van der Waals surface area contributed by atoms with Crippen molar-refractivity contribution < 1.29 is 22.4 Å². The van der Waals surface area contributed by atoms with Crippen LogP contribution in [0.5, 0.6) is 0 Å². The van der Waals surface area contributed by atoms with Crippen molar-refractivity contribution in [1.82, 2.24) is 9.21 Å². The van der Waals surface area contributed by atoms with Gasteiger partial charge in [0, 0.05) is 33.1 Å². The van der Waals surface area contributed by atoms with Crippen molar-refractivity contribution in [3.63, 3.8) is 0 Å². The number of hydrogen-bond donors (Lipinski definition) is 1. The predicted molar refractivity (Wildman–Crippen MR) is 80.1 cm³/mol. The summed E-state index contributed by atoms with van der Waals surface area (Å²) in [7, 11) is -4.12. The number of rotatable bonds is 3. The lowest BCUT2D eigenvalue weighted by atomic mass is 10.1. The van der Waals surface area contributed by atoms with Gasteiger partial charge in [-0.25, -0.2) is 12.8 Å². The molecule has 0 aromatic heterocycles. The Bertz CT molecular complexity index is 722. The molecule has 1 aliphatic rings. The Morgan fingerprint density at radius 2 is 1.87 bits per heavy atom. The molecule has 1 saturated heterocycles. The van der Waals surface area contributed by atoms with Gasteiger partial charge in [0.2, 0.25) is 21.8 Å². The highest BCUT2D eigenvalue weighted by atomic mass is 32.2. The van der Waals surface area contributed by atoms with E-state index in [0.29, 0.717) is 0 Å². The number of amides is 2. The van der Waals surface area contributed by atoms with Gasteiger partial charge < -0.3 is 10.6 Å². The van der Waals surface area contributed by atoms with Gasteiger partial charge in [0.25, 0.3) is 0 Å². The molecule has 0 saturated carbocycles. The van der Waals surface area contributed by atoms with Crippen molar-refractivity contribution in [3.8, 4) is 0 Å². The van der Waals surface area contributed by atoms with Gasteiger partial charge >= 0.3 is 0 Å². The average molecular weight is 343 g/mol. The number of sulfonamides is 1. The molecule has 1 aliphatic heterocycles. The van der Waals surface area contributed by atoms with E-state index < -0.39 is 32.6 Å². The Kier molecular flexibility index (Phi) is 5.00. The number of carbonyl (C=O) groups excluding carboxylic acids is 2. The van der Waals surface area contributed by atoms with Gasteiger partial charge in [-0.2, -0.15) is 4.31 Å². The van der Waals surface area contributed by atoms with Gasteiger partial charge in [0.05, 0.1) is 5.92 Å². The first-order valence-corrected chi connectivity index (χ1v) is 8.47. The van der Waals surface area contributed by atoms with Crippen LogP contribution in [0.3, 0.4) is 0 Å². The number of carbonyl (C=O) groups is 2. The van der Waals surface area contributed by atoms with Crippen LogP contribution in [0.25, 0.3) is 0 Å². The van der Waals surface area contributed by atoms with Crippen molar-refractivity contribution in [1.29, 1.82) is 0 Å². The number of hydrogen-bond acceptors (Lipinski definition) is 4. The Labute approximate surface area is 133 Å². The third-order valence-electron chi connectivity index (χ3n) is 3.79. The molecule has 0 unspecified atom stereocenters. The van der Waals surface area contributed by atoms with E-state index in [-0.39, 0.29) is 32.1 Å². The van der Waals surface area contributed by atoms with E-state index in [4.69, 9.17) is 5.73 Å². The maximum Gasteiger partial charge on any atom is 0.246 e. The zero-order chi connectivity index (χ0) is 17.2. The first kappa shape index (κ1) is 17.4. The maximum atomic E-state index is 13.8. The Hall–Kier alpha value is -2.00. The van der Waals surface area contributed by atoms with Crippen molar-refractivity contribution >= 4 is 21.8 Å². The van der Waals surface area contributed by atoms with E-state index in [9.17, 15) is 22.4 Å². The summed E-state index contributed by atoms with van der Waals surface area (Å²) in [5, 5.41) is 0. The fourth-order valence-electron chi connectivity index (χ4n) is 2.46. The number of halogens is 1. The summed E-state index contributed by atoms with van der Waals surface area (Å²) in [6, 6.07) is 5.03. The average Bonchev–Trinajstić information content (AvgIpc) is 2.71. The van der Waals surface area contributed by atoms with Crippen LogP contribution >= 0.6 is 0 Å². The third-order valence-corrected chi connectivity index (χ3v) is 5.68. The second-order valence-electron chi connectivity index (χ2n) is 5.36. The lowest BCUT2D eigenvalue weighted by Gasteiger charge is -2.22. The lowest BCUT2D eigenvalue weighted by molar-refractivity contribution is -0.130. The van der Waals surface area contributed by atoms with E-state index in [1.54, 1.807) is 0 Å². The topological polar surface area (TPSA) is 101 Å². The molecule has 2 amide bonds. The van der Waals surface area contributed by atoms with Crippen molar-refractivity contribution in [2.24, 2.45) is 11.7 Å². The van der Waals surface area contributed by atoms with Crippen LogP contribution in [0.1, 0.15) is 6.92 Å². The van der Waals surface area contributed by atoms with Crippen LogP contribution in [0.2, 0.25) is 0 Å². The second-order valence-corrected chi connectivity index (χ2v) is 7.26. The Morgan fingerprint density at radius 1 is 1.22 bits per heavy atom. The minimum atomic E-state index is -4.12. The quantitative estimate of drug-likeness (QED) is 0.820. The van der Waals surface area contributed by atoms with Crippen LogP contribution in [-0.2, 0) is 19.6 Å². The van der Waals surface area contributed by atoms with Gasteiger partial charge in [-0.1, -0.05) is 12.1 Å². The number of nitrogens with zero attached hydrogens (tertiary/aromatic N) is 2. The molecule has 2 N–H and O–H groups in total. The fraction of sp³-hybridized carbons (Fsp3) is 0.429. The minimum absolute atomic E-state index is 0.0278. The van der Waals surface area contributed by atoms with Gasteiger partial charge in [-0.15, -0.1) is 0 Å². The summed E-state index contributed by atoms with van der Waals surface area (Å²) < 4.78 is 40.1. The molecule has 126 valence electrons. The maximum absolute atomic E-state index is 13.8. The zero-order valence-electron chi connectivity index (χ0n) is 12.6. The largest absolute Gasteiger partial charge is 0.369 e. The molecule has 1 atom stereocenters. The van der Waals surface area contributed by atoms with Crippen LogP contribution in [-0.4, -0.2) is 55.6 Å². The van der Waals surface area contributed by atoms with Gasteiger partial charge in [0.1, 0.15) is 10.7 Å². The lowest BCUT2D eigenvalue weighted by Crippen LogP contribution is -2.41. The molecule has 0 bridgehead atoms. The van der Waals surface area contributed by atoms with E-state index >= 15 is 0 Å². The molecule has 0 spiro atoms. The van der Waals surface area contributed by atoms with E-state index in [0.717, 1.165) is 16.4 Å². The molecule has 1 heterocycles. The molecule has 7 nitrogen and oxygen atoms in total. The van der Waals surface area contributed by atoms with Gasteiger partial charge in [-0.3, -0.25) is 9.59 Å². The molecular weight excluding hydrogens is 325 g/mol. The van der Waals surface area contributed by atoms with Gasteiger partial charge in [0.15, 0.2) is 0 Å². The Balaban J connectivity index is 2.36. The highest BCUT2D eigenvalue weighted by molar-refractivity contribution is 7.89. The van der Waals surface area contributed by atoms with Crippen molar-refractivity contribution in [2.75, 3.05) is 26.2 Å². The number of primary amides is 1. The molecule has 0 radical (unpaired) electrons. The highest BCUT2D eigenvalue weighted by Crippen LogP contribution is 2.22. The summed E-state index contributed by atoms with van der Waals surface area (Å²) in [6.45, 7) is 1.29. The van der Waals surface area contributed by atoms with E-state index in [2.05, 4.69) is 0 Å². The molecule has 0 aliphatic carbocycles. The molecule has 9 heteroatoms. The molecule has 1 fully saturated rings. The summed E-state index contributed by atoms with van der Waals surface area (Å²) in [5.74, 6) is -2.69. The summed E-state index contributed by atoms with van der Waals surface area (Å²) in [5.41, 5.74) is 5.30. The standard InChI is InChI=1S/C14H18FN3O4S/c1-10(19)17-6-7-18(9-11(8-17)14(16)20)23(21,22)13-5-3-2-4-12(13)15/h2-5,11H,6-9H2,1H3,(H2,16,20)/t11-/m0/s1. The number of nitrogens with two attached hydrogens (primary N) is 1. The first-order valence-electron chi connectivity index (χ1n) is 7.03. The first-order chi connectivity index (χ1) is 10.7. The molecule has 2 rings (SSSR count). The molecule has 23 heavy (non-hydrogen) atoms. The van der Waals surface area contributed by atoms with Crippen molar-refractivity contribution in [3.05, 3.63) is 30.1 Å². The van der Waals surface area contributed by atoms with Crippen LogP contribution in [0.15, 0.2) is 29.2 Å². The minimum Gasteiger partial charge on any atom is -0.369 e. The SMILES string of the molecule is CC(=O)N1CCN(S(=O)(=O)c2ccccc2F)C[C@@H](C(N)=O)C1. The van der Waals surface area contributed by atoms with E-state index in [1.807, 2.05) is 0 Å². The summed E-state index contributed by atoms with van der Waals surface area (Å²) >= 11 is 0. The second kappa shape index (κ2) is 6.63. The monoisotopic (exact) mass is 343 g/mol. The third kappa shape index (κ3) is 3.67. The molecule has 1 aromatic rings. The van der Waals surface area contributed by atoms with Crippen LogP contribution in [0.4, 0.5) is 4.39 Å². The van der Waals surface area contributed by atoms with E-state index in [1.165, 1.54) is 24.0 Å². The predicted octanol–water partition coefficient (Wildman–Crippen LogP) is -0.220. The Morgan fingerprint density at radius 3 is 2.43 bits per heavy atom. The van der Waals surface area contributed by atoms with Crippen LogP contribution < -0.4 is 5.73 Å². The van der Waals surface area contributed by atoms with Crippen LogP contribution in [0, 0.1) is 11.7 Å². The highest BCUT2D eigenvalue weighted by Gasteiger charge is 2.35. The zero-order valence-corrected chi connectivity index (χ0v) is 13.4.